The Morgan fingerprint density at radius 1 is 1.25 bits per heavy atom. The SMILES string of the molecule is COC(=O)c1ccc(SCCC(C)=O)cc1. The number of thioether (sulfide) groups is 1. The van der Waals surface area contributed by atoms with E-state index < -0.39 is 0 Å². The van der Waals surface area contributed by atoms with E-state index in [0.717, 1.165) is 10.6 Å². The Hall–Kier alpha value is -1.29. The standard InChI is InChI=1S/C12H14O3S/c1-9(13)7-8-16-11-5-3-10(4-6-11)12(14)15-2/h3-6H,7-8H2,1-2H3. The summed E-state index contributed by atoms with van der Waals surface area (Å²) in [5.74, 6) is 0.631. The van der Waals surface area contributed by atoms with Crippen LogP contribution in [-0.4, -0.2) is 24.6 Å². The van der Waals surface area contributed by atoms with Crippen molar-refractivity contribution in [2.45, 2.75) is 18.2 Å². The van der Waals surface area contributed by atoms with Crippen LogP contribution in [0.25, 0.3) is 0 Å². The highest BCUT2D eigenvalue weighted by Crippen LogP contribution is 2.19. The minimum Gasteiger partial charge on any atom is -0.465 e. The zero-order chi connectivity index (χ0) is 12.0. The molecule has 86 valence electrons. The van der Waals surface area contributed by atoms with Crippen LogP contribution >= 0.6 is 11.8 Å². The van der Waals surface area contributed by atoms with E-state index in [1.165, 1.54) is 7.11 Å². The van der Waals surface area contributed by atoms with Gasteiger partial charge in [-0.25, -0.2) is 4.79 Å². The van der Waals surface area contributed by atoms with Crippen LogP contribution in [0.5, 0.6) is 0 Å². The third-order valence-electron chi connectivity index (χ3n) is 2.00. The monoisotopic (exact) mass is 238 g/mol. The first-order valence-electron chi connectivity index (χ1n) is 4.94. The van der Waals surface area contributed by atoms with Gasteiger partial charge in [-0.15, -0.1) is 11.8 Å². The summed E-state index contributed by atoms with van der Waals surface area (Å²) >= 11 is 1.60. The molecular weight excluding hydrogens is 224 g/mol. The first kappa shape index (κ1) is 12.8. The summed E-state index contributed by atoms with van der Waals surface area (Å²) in [6.07, 6.45) is 0.573. The Morgan fingerprint density at radius 2 is 1.88 bits per heavy atom. The first-order chi connectivity index (χ1) is 7.63. The molecule has 0 aromatic heterocycles. The largest absolute Gasteiger partial charge is 0.465 e. The van der Waals surface area contributed by atoms with Crippen molar-refractivity contribution < 1.29 is 14.3 Å². The lowest BCUT2D eigenvalue weighted by atomic mass is 10.2. The van der Waals surface area contributed by atoms with Gasteiger partial charge in [-0.2, -0.15) is 0 Å². The van der Waals surface area contributed by atoms with Crippen LogP contribution in [0.2, 0.25) is 0 Å². The van der Waals surface area contributed by atoms with E-state index in [4.69, 9.17) is 0 Å². The molecule has 0 atom stereocenters. The van der Waals surface area contributed by atoms with Gasteiger partial charge in [0.15, 0.2) is 0 Å². The van der Waals surface area contributed by atoms with E-state index in [9.17, 15) is 9.59 Å². The number of hydrogen-bond donors (Lipinski definition) is 0. The molecule has 0 amide bonds. The Labute approximate surface area is 99.2 Å². The lowest BCUT2D eigenvalue weighted by molar-refractivity contribution is -0.116. The summed E-state index contributed by atoms with van der Waals surface area (Å²) in [4.78, 5) is 22.9. The Morgan fingerprint density at radius 3 is 2.38 bits per heavy atom. The van der Waals surface area contributed by atoms with Crippen molar-refractivity contribution in [3.8, 4) is 0 Å². The van der Waals surface area contributed by atoms with Crippen LogP contribution in [0.4, 0.5) is 0 Å². The fraction of sp³-hybridized carbons (Fsp3) is 0.333. The van der Waals surface area contributed by atoms with Crippen molar-refractivity contribution in [3.63, 3.8) is 0 Å². The van der Waals surface area contributed by atoms with Crippen molar-refractivity contribution in [1.29, 1.82) is 0 Å². The van der Waals surface area contributed by atoms with Gasteiger partial charge in [0, 0.05) is 17.1 Å². The van der Waals surface area contributed by atoms with E-state index in [1.807, 2.05) is 12.1 Å². The average molecular weight is 238 g/mol. The lowest BCUT2D eigenvalue weighted by Crippen LogP contribution is -2.00. The third-order valence-corrected chi connectivity index (χ3v) is 3.01. The topological polar surface area (TPSA) is 43.4 Å². The molecule has 0 aliphatic rings. The minimum absolute atomic E-state index is 0.193. The van der Waals surface area contributed by atoms with Crippen molar-refractivity contribution in [2.24, 2.45) is 0 Å². The van der Waals surface area contributed by atoms with Gasteiger partial charge in [-0.3, -0.25) is 4.79 Å². The molecule has 0 bridgehead atoms. The highest BCUT2D eigenvalue weighted by molar-refractivity contribution is 7.99. The number of ketones is 1. The molecule has 0 aliphatic carbocycles. The molecule has 1 aromatic rings. The second kappa shape index (κ2) is 6.33. The lowest BCUT2D eigenvalue weighted by Gasteiger charge is -2.02. The fourth-order valence-electron chi connectivity index (χ4n) is 1.12. The molecule has 1 rings (SSSR count). The minimum atomic E-state index is -0.333. The van der Waals surface area contributed by atoms with Gasteiger partial charge in [0.2, 0.25) is 0 Å². The van der Waals surface area contributed by atoms with Gasteiger partial charge in [0.05, 0.1) is 12.7 Å². The predicted molar refractivity (Wildman–Crippen MR) is 63.8 cm³/mol. The molecule has 0 fully saturated rings. The highest BCUT2D eigenvalue weighted by Gasteiger charge is 2.04. The second-order valence-electron chi connectivity index (χ2n) is 3.32. The molecule has 1 aromatic carbocycles. The number of ether oxygens (including phenoxy) is 1. The summed E-state index contributed by atoms with van der Waals surface area (Å²) in [5, 5.41) is 0. The summed E-state index contributed by atoms with van der Waals surface area (Å²) in [7, 11) is 1.36. The van der Waals surface area contributed by atoms with Gasteiger partial charge in [-0.1, -0.05) is 0 Å². The highest BCUT2D eigenvalue weighted by atomic mass is 32.2. The summed E-state index contributed by atoms with van der Waals surface area (Å²) < 4.78 is 4.60. The van der Waals surface area contributed by atoms with Crippen LogP contribution in [0.3, 0.4) is 0 Å². The molecule has 0 aliphatic heterocycles. The predicted octanol–water partition coefficient (Wildman–Crippen LogP) is 2.54. The van der Waals surface area contributed by atoms with Crippen molar-refractivity contribution in [3.05, 3.63) is 29.8 Å². The number of methoxy groups -OCH3 is 1. The molecule has 16 heavy (non-hydrogen) atoms. The molecule has 0 radical (unpaired) electrons. The number of hydrogen-bond acceptors (Lipinski definition) is 4. The van der Waals surface area contributed by atoms with Gasteiger partial charge in [0.1, 0.15) is 5.78 Å². The zero-order valence-electron chi connectivity index (χ0n) is 9.36. The number of rotatable bonds is 5. The molecule has 3 nitrogen and oxygen atoms in total. The molecule has 0 saturated carbocycles. The van der Waals surface area contributed by atoms with E-state index in [-0.39, 0.29) is 11.8 Å². The van der Waals surface area contributed by atoms with E-state index >= 15 is 0 Å². The quantitative estimate of drug-likeness (QED) is 0.584. The van der Waals surface area contributed by atoms with Crippen LogP contribution < -0.4 is 0 Å². The van der Waals surface area contributed by atoms with Crippen LogP contribution in [0.15, 0.2) is 29.2 Å². The Balaban J connectivity index is 2.51. The number of carbonyl (C=O) groups excluding carboxylic acids is 2. The maximum atomic E-state index is 11.2. The van der Waals surface area contributed by atoms with Gasteiger partial charge < -0.3 is 4.74 Å². The van der Waals surface area contributed by atoms with E-state index in [2.05, 4.69) is 4.74 Å². The van der Waals surface area contributed by atoms with Crippen LogP contribution in [-0.2, 0) is 9.53 Å². The maximum Gasteiger partial charge on any atom is 0.337 e. The van der Waals surface area contributed by atoms with Crippen LogP contribution in [0, 0.1) is 0 Å². The van der Waals surface area contributed by atoms with Crippen molar-refractivity contribution in [1.82, 2.24) is 0 Å². The van der Waals surface area contributed by atoms with E-state index in [0.29, 0.717) is 12.0 Å². The molecule has 4 heteroatoms. The second-order valence-corrected chi connectivity index (χ2v) is 4.48. The van der Waals surface area contributed by atoms with Gasteiger partial charge in [-0.05, 0) is 31.2 Å². The molecule has 0 N–H and O–H groups in total. The Kier molecular flexibility index (Phi) is 5.05. The Bertz CT molecular complexity index is 370. The molecule has 0 heterocycles. The molecule has 0 saturated heterocycles. The van der Waals surface area contributed by atoms with Gasteiger partial charge >= 0.3 is 5.97 Å². The molecular formula is C12H14O3S. The summed E-state index contributed by atoms with van der Waals surface area (Å²) in [5.41, 5.74) is 0.540. The average Bonchev–Trinajstić information content (AvgIpc) is 2.28. The maximum absolute atomic E-state index is 11.2. The first-order valence-corrected chi connectivity index (χ1v) is 5.92. The van der Waals surface area contributed by atoms with Crippen molar-refractivity contribution in [2.75, 3.05) is 12.9 Å². The molecule has 0 unspecified atom stereocenters. The summed E-state index contributed by atoms with van der Waals surface area (Å²) in [6.45, 7) is 1.58. The van der Waals surface area contributed by atoms with E-state index in [1.54, 1.807) is 30.8 Å². The number of Topliss-reactive ketones (excluding diaryl/α,β-unsaturated/α-hetero) is 1. The third kappa shape index (κ3) is 4.06. The zero-order valence-corrected chi connectivity index (χ0v) is 10.2. The summed E-state index contributed by atoms with van der Waals surface area (Å²) in [6, 6.07) is 7.16. The van der Waals surface area contributed by atoms with Crippen molar-refractivity contribution >= 4 is 23.5 Å². The normalized spacial score (nSPS) is 9.88. The molecule has 0 spiro atoms. The smallest absolute Gasteiger partial charge is 0.337 e. The number of esters is 1. The van der Waals surface area contributed by atoms with Gasteiger partial charge in [0.25, 0.3) is 0 Å². The van der Waals surface area contributed by atoms with Crippen LogP contribution in [0.1, 0.15) is 23.7 Å². The number of benzene rings is 1. The fourth-order valence-corrected chi connectivity index (χ4v) is 2.07. The number of carbonyl (C=O) groups is 2.